The molecule has 1 aromatic carbocycles. The third-order valence-corrected chi connectivity index (χ3v) is 18.5. The predicted molar refractivity (Wildman–Crippen MR) is 343 cm³/mol. The standard InChI is InChI=1S/C66H118N8O18/c1-3-5-7-9-11-13-15-17-19-24-28-32-36-51(77)55(79)49(45-89-63-61(85)59(83)57(81)53(43-75)91-63)73-65(87)71(67-68-73)42-34-30-26-22-21-23-27-31-35-47-38-40-48(41-39-47)72-66(88)74(70-69-72)50(46-90-64-62(86)60(84)58(82)54(44-76)92-64)56(80)52(78)37-33-29-25-20-18-16-14-12-10-8-6-4-2/h38-41,49-64,75-86H,3-37,42-46H2,1-2H3/t49-,50-,51+,52+,53?,54?,55-,56-,57?,58?,59?,60?,61?,62?,63?,64?/m0/s1. The van der Waals surface area contributed by atoms with Crippen LogP contribution in [0.1, 0.15) is 250 Å². The first-order chi connectivity index (χ1) is 44.6. The lowest BCUT2D eigenvalue weighted by Gasteiger charge is -2.40. The molecule has 2 fully saturated rings. The van der Waals surface area contributed by atoms with Gasteiger partial charge in [0.05, 0.1) is 44.3 Å². The van der Waals surface area contributed by atoms with E-state index >= 15 is 0 Å². The number of benzene rings is 1. The van der Waals surface area contributed by atoms with E-state index in [1.165, 1.54) is 94.6 Å². The normalized spacial score (nSPS) is 24.0. The highest BCUT2D eigenvalue weighted by Gasteiger charge is 2.46. The van der Waals surface area contributed by atoms with Crippen LogP contribution in [-0.4, -0.2) is 213 Å². The number of hydrogen-bond donors (Lipinski definition) is 12. The number of unbranched alkanes of at least 4 members (excludes halogenated alkanes) is 29. The van der Waals surface area contributed by atoms with Crippen molar-refractivity contribution in [2.24, 2.45) is 0 Å². The Hall–Kier alpha value is -3.68. The van der Waals surface area contributed by atoms with Crippen molar-refractivity contribution in [3.8, 4) is 5.69 Å². The Kier molecular flexibility index (Phi) is 38.6. The maximum Gasteiger partial charge on any atom is 0.368 e. The molecule has 0 amide bonds. The van der Waals surface area contributed by atoms with E-state index in [2.05, 4.69) is 34.7 Å². The van der Waals surface area contributed by atoms with Gasteiger partial charge in [0.25, 0.3) is 0 Å². The zero-order valence-electron chi connectivity index (χ0n) is 55.2. The molecule has 2 aromatic heterocycles. The van der Waals surface area contributed by atoms with Crippen LogP contribution in [0.2, 0.25) is 0 Å². The summed E-state index contributed by atoms with van der Waals surface area (Å²) in [7, 11) is 0. The molecule has 10 unspecified atom stereocenters. The molecule has 2 saturated heterocycles. The topological polar surface area (TPSA) is 385 Å². The van der Waals surface area contributed by atoms with Crippen molar-refractivity contribution >= 4 is 0 Å². The molecule has 3 aromatic rings. The predicted octanol–water partition coefficient (Wildman–Crippen LogP) is 4.89. The fourth-order valence-electron chi connectivity index (χ4n) is 12.4. The second-order valence-electron chi connectivity index (χ2n) is 26.0. The van der Waals surface area contributed by atoms with Gasteiger partial charge in [-0.1, -0.05) is 219 Å². The van der Waals surface area contributed by atoms with Gasteiger partial charge < -0.3 is 80.2 Å². The van der Waals surface area contributed by atoms with E-state index in [1.807, 2.05) is 12.1 Å². The van der Waals surface area contributed by atoms with Crippen LogP contribution in [-0.2, 0) is 31.9 Å². The lowest BCUT2D eigenvalue weighted by Crippen LogP contribution is -2.59. The van der Waals surface area contributed by atoms with Gasteiger partial charge in [-0.3, -0.25) is 0 Å². The number of aromatic nitrogens is 8. The number of hydrogen-bond acceptors (Lipinski definition) is 22. The molecule has 16 atom stereocenters. The van der Waals surface area contributed by atoms with E-state index in [4.69, 9.17) is 18.9 Å². The zero-order chi connectivity index (χ0) is 66.6. The van der Waals surface area contributed by atoms with Crippen LogP contribution in [0.3, 0.4) is 0 Å². The lowest BCUT2D eigenvalue weighted by molar-refractivity contribution is -0.304. The van der Waals surface area contributed by atoms with Crippen LogP contribution >= 0.6 is 0 Å². The summed E-state index contributed by atoms with van der Waals surface area (Å²) in [5, 5.41) is 144. The first kappa shape index (κ1) is 79.0. The van der Waals surface area contributed by atoms with Crippen molar-refractivity contribution in [3.63, 3.8) is 0 Å². The second-order valence-corrected chi connectivity index (χ2v) is 26.0. The third kappa shape index (κ3) is 26.0. The molecule has 4 heterocycles. The van der Waals surface area contributed by atoms with Gasteiger partial charge >= 0.3 is 11.4 Å². The monoisotopic (exact) mass is 1310 g/mol. The van der Waals surface area contributed by atoms with Crippen LogP contribution in [0.15, 0.2) is 33.9 Å². The zero-order valence-corrected chi connectivity index (χ0v) is 55.2. The molecule has 5 rings (SSSR count). The summed E-state index contributed by atoms with van der Waals surface area (Å²) in [6.45, 7) is 2.34. The Morgan fingerprint density at radius 1 is 0.435 bits per heavy atom. The van der Waals surface area contributed by atoms with Crippen molar-refractivity contribution in [2.45, 2.75) is 343 Å². The summed E-state index contributed by atoms with van der Waals surface area (Å²) >= 11 is 0. The van der Waals surface area contributed by atoms with Crippen LogP contribution in [0.4, 0.5) is 0 Å². The van der Waals surface area contributed by atoms with Gasteiger partial charge in [0, 0.05) is 6.54 Å². The van der Waals surface area contributed by atoms with E-state index in [0.717, 1.165) is 122 Å². The second kappa shape index (κ2) is 44.9. The molecule has 530 valence electrons. The van der Waals surface area contributed by atoms with Gasteiger partial charge in [-0.25, -0.2) is 9.59 Å². The summed E-state index contributed by atoms with van der Waals surface area (Å²) < 4.78 is 26.7. The van der Waals surface area contributed by atoms with E-state index in [0.29, 0.717) is 24.9 Å². The molecule has 92 heavy (non-hydrogen) atoms. The minimum atomic E-state index is -1.73. The molecule has 0 spiro atoms. The number of rotatable bonds is 52. The minimum absolute atomic E-state index is 0.240. The fourth-order valence-corrected chi connectivity index (χ4v) is 12.4. The SMILES string of the molecule is CCCCCCCCCCCCCC[C@@H](O)[C@@H](O)[C@H](COC1OC(CO)C(O)C(O)C1O)n1nnn(CCCCCCCCCCc2ccc(-n3nnn([C@@H](COC4OC(CO)C(O)C(O)C4O)[C@H](O)[C@H](O)CCCCCCCCCCCCCC)c3=O)cc2)c1=O. The summed E-state index contributed by atoms with van der Waals surface area (Å²) in [5.74, 6) is 0. The largest absolute Gasteiger partial charge is 0.394 e. The molecule has 26 nitrogen and oxygen atoms in total. The van der Waals surface area contributed by atoms with E-state index in [1.54, 1.807) is 12.1 Å². The van der Waals surface area contributed by atoms with E-state index in [9.17, 15) is 70.9 Å². The highest BCUT2D eigenvalue weighted by molar-refractivity contribution is 5.33. The van der Waals surface area contributed by atoms with Gasteiger partial charge in [-0.15, -0.1) is 0 Å². The lowest BCUT2D eigenvalue weighted by atomic mass is 9.98. The minimum Gasteiger partial charge on any atom is -0.394 e. The molecule has 2 aliphatic rings. The van der Waals surface area contributed by atoms with Gasteiger partial charge in [-0.2, -0.15) is 18.7 Å². The van der Waals surface area contributed by atoms with Crippen LogP contribution < -0.4 is 11.4 Å². The maximum absolute atomic E-state index is 14.0. The average molecular weight is 1310 g/mol. The molecule has 0 aliphatic carbocycles. The molecule has 0 bridgehead atoms. The Labute approximate surface area is 543 Å². The number of nitrogens with zero attached hydrogens (tertiary/aromatic N) is 8. The molecule has 26 heteroatoms. The highest BCUT2D eigenvalue weighted by atomic mass is 16.7. The molecule has 12 N–H and O–H groups in total. The quantitative estimate of drug-likeness (QED) is 0.0335. The smallest absolute Gasteiger partial charge is 0.368 e. The van der Waals surface area contributed by atoms with Crippen LogP contribution in [0.25, 0.3) is 5.69 Å². The number of aryl methyl sites for hydroxylation is 2. The van der Waals surface area contributed by atoms with Gasteiger partial charge in [0.1, 0.15) is 73.1 Å². The van der Waals surface area contributed by atoms with Gasteiger partial charge in [0.15, 0.2) is 12.6 Å². The van der Waals surface area contributed by atoms with Gasteiger partial charge in [-0.05, 0) is 70.7 Å². The van der Waals surface area contributed by atoms with Crippen molar-refractivity contribution in [2.75, 3.05) is 26.4 Å². The van der Waals surface area contributed by atoms with E-state index in [-0.39, 0.29) is 19.4 Å². The molecule has 0 saturated carbocycles. The van der Waals surface area contributed by atoms with Crippen LogP contribution in [0, 0.1) is 0 Å². The van der Waals surface area contributed by atoms with Crippen molar-refractivity contribution in [1.29, 1.82) is 0 Å². The number of ether oxygens (including phenoxy) is 4. The van der Waals surface area contributed by atoms with E-state index < -0.39 is 136 Å². The molecule has 0 radical (unpaired) electrons. The first-order valence-corrected chi connectivity index (χ1v) is 35.3. The number of tetrazole rings is 2. The van der Waals surface area contributed by atoms with Crippen LogP contribution in [0.5, 0.6) is 0 Å². The summed E-state index contributed by atoms with van der Waals surface area (Å²) in [4.78, 5) is 27.7. The summed E-state index contributed by atoms with van der Waals surface area (Å²) in [6, 6.07) is 4.73. The fraction of sp³-hybridized carbons (Fsp3) is 0.879. The van der Waals surface area contributed by atoms with Crippen molar-refractivity contribution in [3.05, 3.63) is 50.8 Å². The molecular weight excluding hydrogens is 1190 g/mol. The Morgan fingerprint density at radius 3 is 1.20 bits per heavy atom. The first-order valence-electron chi connectivity index (χ1n) is 35.3. The van der Waals surface area contributed by atoms with Crippen molar-refractivity contribution in [1.82, 2.24) is 39.6 Å². The van der Waals surface area contributed by atoms with Gasteiger partial charge in [0.2, 0.25) is 0 Å². The Balaban J connectivity index is 1.05. The third-order valence-electron chi connectivity index (χ3n) is 18.5. The number of aliphatic hydroxyl groups excluding tert-OH is 12. The average Bonchev–Trinajstić information content (AvgIpc) is 1.52. The Morgan fingerprint density at radius 2 is 0.793 bits per heavy atom. The van der Waals surface area contributed by atoms with Crippen molar-refractivity contribution < 1.29 is 80.2 Å². The Bertz CT molecular complexity index is 2470. The maximum atomic E-state index is 14.0. The molecule has 2 aliphatic heterocycles. The molecular formula is C66H118N8O18. The summed E-state index contributed by atoms with van der Waals surface area (Å²) in [6.07, 6.45) is 14.6. The number of aliphatic hydroxyl groups is 12. The summed E-state index contributed by atoms with van der Waals surface area (Å²) in [5.41, 5.74) is 0.114. The highest BCUT2D eigenvalue weighted by Crippen LogP contribution is 2.28.